The number of piperazine rings is 1. The first-order chi connectivity index (χ1) is 9.50. The van der Waals surface area contributed by atoms with Crippen molar-refractivity contribution in [3.63, 3.8) is 0 Å². The predicted molar refractivity (Wildman–Crippen MR) is 73.1 cm³/mol. The summed E-state index contributed by atoms with van der Waals surface area (Å²) in [5.74, 6) is -0.680. The third-order valence-electron chi connectivity index (χ3n) is 3.97. The molecule has 0 N–H and O–H groups in total. The van der Waals surface area contributed by atoms with Gasteiger partial charge in [0.2, 0.25) is 5.91 Å². The molecule has 1 aromatic carbocycles. The van der Waals surface area contributed by atoms with Gasteiger partial charge >= 0.3 is 0 Å². The average molecular weight is 297 g/mol. The van der Waals surface area contributed by atoms with E-state index in [9.17, 15) is 14.0 Å². The minimum atomic E-state index is -0.611. The molecule has 0 aromatic heterocycles. The minimum absolute atomic E-state index is 0.0764. The Morgan fingerprint density at radius 3 is 2.75 bits per heavy atom. The van der Waals surface area contributed by atoms with Gasteiger partial charge in [0.15, 0.2) is 0 Å². The fourth-order valence-electron chi connectivity index (χ4n) is 2.99. The Labute approximate surface area is 121 Å². The molecular formula is C14H14ClFN2O2. The van der Waals surface area contributed by atoms with E-state index in [-0.39, 0.29) is 16.8 Å². The van der Waals surface area contributed by atoms with Gasteiger partial charge in [-0.05, 0) is 38.0 Å². The molecule has 0 spiro atoms. The van der Waals surface area contributed by atoms with Gasteiger partial charge in [0.05, 0.1) is 10.7 Å². The molecule has 106 valence electrons. The van der Waals surface area contributed by atoms with E-state index in [2.05, 4.69) is 0 Å². The van der Waals surface area contributed by atoms with Gasteiger partial charge < -0.3 is 4.90 Å². The van der Waals surface area contributed by atoms with Crippen LogP contribution < -0.4 is 4.90 Å². The third kappa shape index (κ3) is 1.88. The van der Waals surface area contributed by atoms with Crippen molar-refractivity contribution in [3.8, 4) is 0 Å². The highest BCUT2D eigenvalue weighted by molar-refractivity contribution is 6.34. The molecule has 6 heteroatoms. The molecule has 2 amide bonds. The lowest BCUT2D eigenvalue weighted by atomic mass is 10.1. The van der Waals surface area contributed by atoms with E-state index in [0.717, 1.165) is 12.5 Å². The topological polar surface area (TPSA) is 40.6 Å². The zero-order valence-electron chi connectivity index (χ0n) is 11.0. The number of anilines is 1. The quantitative estimate of drug-likeness (QED) is 0.797. The van der Waals surface area contributed by atoms with Crippen molar-refractivity contribution in [2.24, 2.45) is 0 Å². The number of amides is 2. The summed E-state index contributed by atoms with van der Waals surface area (Å²) in [7, 11) is 0. The first-order valence-electron chi connectivity index (χ1n) is 6.59. The van der Waals surface area contributed by atoms with Crippen LogP contribution in [-0.4, -0.2) is 35.3 Å². The summed E-state index contributed by atoms with van der Waals surface area (Å²) in [6.07, 6.45) is 1.51. The summed E-state index contributed by atoms with van der Waals surface area (Å²) in [5, 5.41) is 0.143. The predicted octanol–water partition coefficient (Wildman–Crippen LogP) is 2.21. The summed E-state index contributed by atoms with van der Waals surface area (Å²) in [5.41, 5.74) is 0.394. The van der Waals surface area contributed by atoms with E-state index in [1.54, 1.807) is 11.8 Å². The second-order valence-corrected chi connectivity index (χ2v) is 5.58. The maximum Gasteiger partial charge on any atom is 0.250 e. The molecule has 2 unspecified atom stereocenters. The maximum absolute atomic E-state index is 13.1. The van der Waals surface area contributed by atoms with Gasteiger partial charge in [-0.15, -0.1) is 0 Å². The average Bonchev–Trinajstić information content (AvgIpc) is 2.88. The van der Waals surface area contributed by atoms with Crippen molar-refractivity contribution in [3.05, 3.63) is 29.0 Å². The number of carbonyl (C=O) groups is 2. The van der Waals surface area contributed by atoms with Crippen LogP contribution in [0.15, 0.2) is 18.2 Å². The van der Waals surface area contributed by atoms with Gasteiger partial charge in [0, 0.05) is 6.54 Å². The third-order valence-corrected chi connectivity index (χ3v) is 4.28. The Morgan fingerprint density at radius 2 is 2.05 bits per heavy atom. The monoisotopic (exact) mass is 296 g/mol. The lowest BCUT2D eigenvalue weighted by Crippen LogP contribution is -2.62. The van der Waals surface area contributed by atoms with Crippen LogP contribution in [0.3, 0.4) is 0 Å². The number of nitrogens with zero attached hydrogens (tertiary/aromatic N) is 2. The summed E-state index contributed by atoms with van der Waals surface area (Å²) in [4.78, 5) is 27.9. The number of benzene rings is 1. The molecule has 2 aliphatic rings. The lowest BCUT2D eigenvalue weighted by Gasteiger charge is -2.41. The normalized spacial score (nSPS) is 26.1. The van der Waals surface area contributed by atoms with Gasteiger partial charge in [-0.2, -0.15) is 0 Å². The van der Waals surface area contributed by atoms with Crippen LogP contribution in [-0.2, 0) is 9.59 Å². The maximum atomic E-state index is 13.1. The largest absolute Gasteiger partial charge is 0.329 e. The molecule has 1 aromatic rings. The Balaban J connectivity index is 2.03. The number of fused-ring (bicyclic) bond motifs is 1. The van der Waals surface area contributed by atoms with Crippen LogP contribution in [0.1, 0.15) is 19.8 Å². The van der Waals surface area contributed by atoms with Crippen molar-refractivity contribution in [2.75, 3.05) is 11.4 Å². The van der Waals surface area contributed by atoms with E-state index < -0.39 is 17.9 Å². The Bertz CT molecular complexity index is 593. The zero-order valence-corrected chi connectivity index (χ0v) is 11.7. The molecule has 20 heavy (non-hydrogen) atoms. The van der Waals surface area contributed by atoms with Crippen LogP contribution in [0.4, 0.5) is 10.1 Å². The Kier molecular flexibility index (Phi) is 3.17. The van der Waals surface area contributed by atoms with Gasteiger partial charge in [0.25, 0.3) is 5.91 Å². The van der Waals surface area contributed by atoms with Crippen molar-refractivity contribution < 1.29 is 14.0 Å². The van der Waals surface area contributed by atoms with Crippen LogP contribution >= 0.6 is 11.6 Å². The van der Waals surface area contributed by atoms with E-state index in [1.165, 1.54) is 17.0 Å². The van der Waals surface area contributed by atoms with Crippen molar-refractivity contribution in [1.29, 1.82) is 0 Å². The van der Waals surface area contributed by atoms with Crippen LogP contribution in [0.2, 0.25) is 5.02 Å². The lowest BCUT2D eigenvalue weighted by molar-refractivity contribution is -0.143. The standard InChI is InChI=1S/C14H14ClFN2O2/c1-8-13(19)17-6-2-3-12(17)14(20)18(8)11-5-4-9(16)7-10(11)15/h4-5,7-8,12H,2-3,6H2,1H3. The molecule has 0 saturated carbocycles. The molecule has 4 nitrogen and oxygen atoms in total. The van der Waals surface area contributed by atoms with Gasteiger partial charge in [-0.1, -0.05) is 11.6 Å². The van der Waals surface area contributed by atoms with E-state index in [1.807, 2.05) is 0 Å². The highest BCUT2D eigenvalue weighted by Crippen LogP contribution is 2.34. The highest BCUT2D eigenvalue weighted by atomic mass is 35.5. The fraction of sp³-hybridized carbons (Fsp3) is 0.429. The van der Waals surface area contributed by atoms with E-state index in [0.29, 0.717) is 18.7 Å². The molecule has 2 heterocycles. The Hall–Kier alpha value is -1.62. The fourth-order valence-corrected chi connectivity index (χ4v) is 3.25. The van der Waals surface area contributed by atoms with Crippen LogP contribution in [0.5, 0.6) is 0 Å². The molecule has 2 aliphatic heterocycles. The SMILES string of the molecule is CC1C(=O)N2CCCC2C(=O)N1c1ccc(F)cc1Cl. The molecule has 2 atom stereocenters. The van der Waals surface area contributed by atoms with Crippen molar-refractivity contribution in [1.82, 2.24) is 4.90 Å². The number of halogens is 2. The molecule has 2 fully saturated rings. The molecule has 0 radical (unpaired) electrons. The second kappa shape index (κ2) is 4.74. The minimum Gasteiger partial charge on any atom is -0.329 e. The Morgan fingerprint density at radius 1 is 1.30 bits per heavy atom. The molecule has 0 bridgehead atoms. The number of hydrogen-bond donors (Lipinski definition) is 0. The summed E-state index contributed by atoms with van der Waals surface area (Å²) < 4.78 is 13.1. The van der Waals surface area contributed by atoms with Crippen molar-refractivity contribution in [2.45, 2.75) is 31.8 Å². The van der Waals surface area contributed by atoms with E-state index >= 15 is 0 Å². The number of hydrogen-bond acceptors (Lipinski definition) is 2. The summed E-state index contributed by atoms with van der Waals surface area (Å²) in [6, 6.07) is 2.83. The summed E-state index contributed by atoms with van der Waals surface area (Å²) >= 11 is 6.03. The number of rotatable bonds is 1. The zero-order chi connectivity index (χ0) is 14.4. The molecule has 0 aliphatic carbocycles. The highest BCUT2D eigenvalue weighted by Gasteiger charge is 2.46. The first-order valence-corrected chi connectivity index (χ1v) is 6.97. The van der Waals surface area contributed by atoms with Crippen molar-refractivity contribution >= 4 is 29.1 Å². The molecular weight excluding hydrogens is 283 g/mol. The van der Waals surface area contributed by atoms with Gasteiger partial charge in [0.1, 0.15) is 17.9 Å². The number of carbonyl (C=O) groups excluding carboxylic acids is 2. The smallest absolute Gasteiger partial charge is 0.250 e. The van der Waals surface area contributed by atoms with Gasteiger partial charge in [-0.3, -0.25) is 14.5 Å². The molecule has 3 rings (SSSR count). The van der Waals surface area contributed by atoms with Gasteiger partial charge in [-0.25, -0.2) is 4.39 Å². The first kappa shape index (κ1) is 13.4. The van der Waals surface area contributed by atoms with Crippen LogP contribution in [0.25, 0.3) is 0 Å². The second-order valence-electron chi connectivity index (χ2n) is 5.17. The van der Waals surface area contributed by atoms with E-state index in [4.69, 9.17) is 11.6 Å². The van der Waals surface area contributed by atoms with Crippen LogP contribution in [0, 0.1) is 5.82 Å². The summed E-state index contributed by atoms with van der Waals surface area (Å²) in [6.45, 7) is 2.30. The molecule has 2 saturated heterocycles.